The van der Waals surface area contributed by atoms with Crippen LogP contribution in [0.5, 0.6) is 0 Å². The SMILES string of the molecule is CCCNc1cc(N(CC(C)C)CC(C)C)nc(SC)n1. The molecule has 5 heteroatoms. The van der Waals surface area contributed by atoms with Gasteiger partial charge in [0.05, 0.1) is 0 Å². The third-order valence-corrected chi connectivity index (χ3v) is 3.47. The molecule has 21 heavy (non-hydrogen) atoms. The predicted octanol–water partition coefficient (Wildman–Crippen LogP) is 4.14. The highest BCUT2D eigenvalue weighted by Crippen LogP contribution is 2.22. The maximum absolute atomic E-state index is 4.70. The van der Waals surface area contributed by atoms with E-state index < -0.39 is 0 Å². The maximum atomic E-state index is 4.70. The molecule has 4 nitrogen and oxygen atoms in total. The molecule has 1 aromatic heterocycles. The Morgan fingerprint density at radius 3 is 2.24 bits per heavy atom. The molecule has 0 saturated heterocycles. The number of hydrogen-bond acceptors (Lipinski definition) is 5. The van der Waals surface area contributed by atoms with Crippen molar-refractivity contribution in [3.05, 3.63) is 6.07 Å². The van der Waals surface area contributed by atoms with Gasteiger partial charge in [-0.15, -0.1) is 0 Å². The van der Waals surface area contributed by atoms with Crippen LogP contribution >= 0.6 is 11.8 Å². The Labute approximate surface area is 134 Å². The van der Waals surface area contributed by atoms with Crippen molar-refractivity contribution in [3.8, 4) is 0 Å². The fourth-order valence-corrected chi connectivity index (χ4v) is 2.53. The van der Waals surface area contributed by atoms with Gasteiger partial charge in [-0.05, 0) is 24.5 Å². The van der Waals surface area contributed by atoms with Gasteiger partial charge >= 0.3 is 0 Å². The monoisotopic (exact) mass is 310 g/mol. The van der Waals surface area contributed by atoms with Crippen LogP contribution in [0.25, 0.3) is 0 Å². The summed E-state index contributed by atoms with van der Waals surface area (Å²) in [6.45, 7) is 14.2. The van der Waals surface area contributed by atoms with Gasteiger partial charge in [0.2, 0.25) is 0 Å². The van der Waals surface area contributed by atoms with Gasteiger partial charge in [0.1, 0.15) is 11.6 Å². The van der Waals surface area contributed by atoms with E-state index in [2.05, 4.69) is 55.9 Å². The summed E-state index contributed by atoms with van der Waals surface area (Å²) >= 11 is 1.60. The largest absolute Gasteiger partial charge is 0.370 e. The molecule has 0 radical (unpaired) electrons. The van der Waals surface area contributed by atoms with Crippen LogP contribution in [0.15, 0.2) is 11.2 Å². The maximum Gasteiger partial charge on any atom is 0.191 e. The van der Waals surface area contributed by atoms with Gasteiger partial charge in [-0.2, -0.15) is 0 Å². The second-order valence-electron chi connectivity index (χ2n) is 6.22. The molecule has 0 saturated carbocycles. The molecule has 0 atom stereocenters. The Kier molecular flexibility index (Phi) is 7.86. The minimum absolute atomic E-state index is 0.614. The highest BCUT2D eigenvalue weighted by Gasteiger charge is 2.14. The third-order valence-electron chi connectivity index (χ3n) is 2.93. The van der Waals surface area contributed by atoms with Crippen molar-refractivity contribution in [2.45, 2.75) is 46.2 Å². The van der Waals surface area contributed by atoms with Gasteiger partial charge in [-0.1, -0.05) is 46.4 Å². The standard InChI is InChI=1S/C16H30N4S/c1-7-8-17-14-9-15(19-16(18-14)21-6)20(10-12(2)3)11-13(4)5/h9,12-13H,7-8,10-11H2,1-6H3,(H,17,18,19). The zero-order valence-corrected chi connectivity index (χ0v) is 15.1. The molecule has 0 amide bonds. The predicted molar refractivity (Wildman–Crippen MR) is 94.5 cm³/mol. The molecule has 0 bridgehead atoms. The second kappa shape index (κ2) is 9.13. The van der Waals surface area contributed by atoms with Crippen molar-refractivity contribution in [1.82, 2.24) is 9.97 Å². The minimum atomic E-state index is 0.614. The average Bonchev–Trinajstić information content (AvgIpc) is 2.43. The van der Waals surface area contributed by atoms with Gasteiger partial charge in [-0.25, -0.2) is 9.97 Å². The first-order valence-corrected chi connectivity index (χ1v) is 9.10. The van der Waals surface area contributed by atoms with Gasteiger partial charge in [0.25, 0.3) is 0 Å². The Morgan fingerprint density at radius 2 is 1.76 bits per heavy atom. The van der Waals surface area contributed by atoms with Crippen LogP contribution < -0.4 is 10.2 Å². The molecular weight excluding hydrogens is 280 g/mol. The first kappa shape index (κ1) is 18.1. The second-order valence-corrected chi connectivity index (χ2v) is 6.99. The van der Waals surface area contributed by atoms with Gasteiger partial charge < -0.3 is 10.2 Å². The van der Waals surface area contributed by atoms with Crippen LogP contribution in [0.2, 0.25) is 0 Å². The summed E-state index contributed by atoms with van der Waals surface area (Å²) in [7, 11) is 0. The number of thioether (sulfide) groups is 1. The van der Waals surface area contributed by atoms with Crippen molar-refractivity contribution < 1.29 is 0 Å². The molecule has 0 aliphatic carbocycles. The smallest absolute Gasteiger partial charge is 0.191 e. The van der Waals surface area contributed by atoms with Crippen LogP contribution in [0.3, 0.4) is 0 Å². The third kappa shape index (κ3) is 6.55. The van der Waals surface area contributed by atoms with E-state index in [4.69, 9.17) is 4.98 Å². The molecule has 0 unspecified atom stereocenters. The van der Waals surface area contributed by atoms with E-state index in [1.165, 1.54) is 0 Å². The first-order valence-electron chi connectivity index (χ1n) is 7.88. The van der Waals surface area contributed by atoms with Crippen LogP contribution in [0.1, 0.15) is 41.0 Å². The number of anilines is 2. The number of nitrogens with one attached hydrogen (secondary N) is 1. The van der Waals surface area contributed by atoms with Crippen LogP contribution in [0, 0.1) is 11.8 Å². The fraction of sp³-hybridized carbons (Fsp3) is 0.750. The van der Waals surface area contributed by atoms with E-state index in [-0.39, 0.29) is 0 Å². The summed E-state index contributed by atoms with van der Waals surface area (Å²) < 4.78 is 0. The minimum Gasteiger partial charge on any atom is -0.370 e. The Morgan fingerprint density at radius 1 is 1.14 bits per heavy atom. The van der Waals surface area contributed by atoms with Crippen molar-refractivity contribution in [2.24, 2.45) is 11.8 Å². The summed E-state index contributed by atoms with van der Waals surface area (Å²) in [5, 5.41) is 4.22. The molecule has 1 N–H and O–H groups in total. The Balaban J connectivity index is 3.03. The molecule has 1 rings (SSSR count). The highest BCUT2D eigenvalue weighted by atomic mass is 32.2. The lowest BCUT2D eigenvalue weighted by atomic mass is 10.1. The van der Waals surface area contributed by atoms with Gasteiger partial charge in [-0.3, -0.25) is 0 Å². The van der Waals surface area contributed by atoms with E-state index in [0.29, 0.717) is 11.8 Å². The summed E-state index contributed by atoms with van der Waals surface area (Å²) in [5.41, 5.74) is 0. The molecule has 120 valence electrons. The van der Waals surface area contributed by atoms with E-state index >= 15 is 0 Å². The molecule has 1 aromatic rings. The van der Waals surface area contributed by atoms with Crippen LogP contribution in [-0.4, -0.2) is 35.9 Å². The molecule has 1 heterocycles. The quantitative estimate of drug-likeness (QED) is 0.548. The number of hydrogen-bond donors (Lipinski definition) is 1. The number of nitrogens with zero attached hydrogens (tertiary/aromatic N) is 3. The fourth-order valence-electron chi connectivity index (χ4n) is 2.15. The van der Waals surface area contributed by atoms with E-state index in [9.17, 15) is 0 Å². The van der Waals surface area contributed by atoms with Crippen molar-refractivity contribution >= 4 is 23.4 Å². The van der Waals surface area contributed by atoms with Crippen LogP contribution in [0.4, 0.5) is 11.6 Å². The number of rotatable bonds is 9. The topological polar surface area (TPSA) is 41.0 Å². The number of aromatic nitrogens is 2. The van der Waals surface area contributed by atoms with Crippen molar-refractivity contribution in [3.63, 3.8) is 0 Å². The molecule has 0 aliphatic heterocycles. The van der Waals surface area contributed by atoms with Crippen molar-refractivity contribution in [1.29, 1.82) is 0 Å². The molecule has 0 aromatic carbocycles. The Bertz CT molecular complexity index is 411. The molecule has 0 aliphatic rings. The summed E-state index contributed by atoms with van der Waals surface area (Å²) in [6.07, 6.45) is 3.12. The summed E-state index contributed by atoms with van der Waals surface area (Å²) in [5.74, 6) is 3.20. The first-order chi connectivity index (χ1) is 9.96. The van der Waals surface area contributed by atoms with Gasteiger partial charge in [0, 0.05) is 25.7 Å². The normalized spacial score (nSPS) is 11.2. The average molecular weight is 311 g/mol. The summed E-state index contributed by atoms with van der Waals surface area (Å²) in [4.78, 5) is 11.6. The van der Waals surface area contributed by atoms with E-state index in [1.54, 1.807) is 11.8 Å². The summed E-state index contributed by atoms with van der Waals surface area (Å²) in [6, 6.07) is 2.08. The van der Waals surface area contributed by atoms with Crippen molar-refractivity contribution in [2.75, 3.05) is 36.1 Å². The lowest BCUT2D eigenvalue weighted by molar-refractivity contribution is 0.547. The molecule has 0 fully saturated rings. The Hall–Kier alpha value is -0.970. The van der Waals surface area contributed by atoms with Gasteiger partial charge in [0.15, 0.2) is 5.16 Å². The van der Waals surface area contributed by atoms with Crippen LogP contribution in [-0.2, 0) is 0 Å². The molecular formula is C16H30N4S. The lowest BCUT2D eigenvalue weighted by Crippen LogP contribution is -2.32. The lowest BCUT2D eigenvalue weighted by Gasteiger charge is -2.28. The zero-order chi connectivity index (χ0) is 15.8. The molecule has 0 spiro atoms. The highest BCUT2D eigenvalue weighted by molar-refractivity contribution is 7.98. The van der Waals surface area contributed by atoms with E-state index in [1.807, 2.05) is 6.26 Å². The zero-order valence-electron chi connectivity index (χ0n) is 14.3. The van der Waals surface area contributed by atoms with E-state index in [0.717, 1.165) is 42.8 Å².